The van der Waals surface area contributed by atoms with Gasteiger partial charge in [-0.2, -0.15) is 0 Å². The molecular weight excluding hydrogens is 325 g/mol. The average molecular weight is 332 g/mol. The number of hydrogen-bond acceptors (Lipinski definition) is 3. The van der Waals surface area contributed by atoms with Gasteiger partial charge >= 0.3 is 0 Å². The van der Waals surface area contributed by atoms with Gasteiger partial charge in [-0.1, -0.05) is 47.5 Å². The van der Waals surface area contributed by atoms with E-state index in [1.54, 1.807) is 18.2 Å². The predicted octanol–water partition coefficient (Wildman–Crippen LogP) is 5.27. The molecule has 0 atom stereocenters. The van der Waals surface area contributed by atoms with Gasteiger partial charge in [-0.15, -0.1) is 11.3 Å². The van der Waals surface area contributed by atoms with Gasteiger partial charge in [0, 0.05) is 10.8 Å². The Morgan fingerprint density at radius 2 is 1.67 bits per heavy atom. The van der Waals surface area contributed by atoms with Gasteiger partial charge in [0.15, 0.2) is 5.43 Å². The Morgan fingerprint density at radius 3 is 2.52 bits per heavy atom. The van der Waals surface area contributed by atoms with E-state index in [4.69, 9.17) is 23.2 Å². The zero-order chi connectivity index (χ0) is 14.6. The molecule has 0 aliphatic carbocycles. The van der Waals surface area contributed by atoms with Crippen molar-refractivity contribution in [3.8, 4) is 0 Å². The first-order valence-corrected chi connectivity index (χ1v) is 7.83. The molecule has 0 N–H and O–H groups in total. The van der Waals surface area contributed by atoms with Crippen molar-refractivity contribution in [2.75, 3.05) is 0 Å². The summed E-state index contributed by atoms with van der Waals surface area (Å²) in [5, 5.41) is 2.95. The third-order valence-corrected chi connectivity index (χ3v) is 5.51. The predicted molar refractivity (Wildman–Crippen MR) is 90.9 cm³/mol. The summed E-state index contributed by atoms with van der Waals surface area (Å²) in [4.78, 5) is 17.2. The van der Waals surface area contributed by atoms with E-state index in [1.807, 2.05) is 24.3 Å². The highest BCUT2D eigenvalue weighted by Crippen LogP contribution is 2.35. The highest BCUT2D eigenvalue weighted by molar-refractivity contribution is 7.25. The van der Waals surface area contributed by atoms with Crippen LogP contribution in [0.2, 0.25) is 10.2 Å². The van der Waals surface area contributed by atoms with Crippen LogP contribution in [0, 0.1) is 0 Å². The fraction of sp³-hybridized carbons (Fsp3) is 0. The molecule has 21 heavy (non-hydrogen) atoms. The van der Waals surface area contributed by atoms with Gasteiger partial charge in [0.2, 0.25) is 0 Å². The molecule has 5 heteroatoms. The van der Waals surface area contributed by atoms with Crippen LogP contribution in [0.3, 0.4) is 0 Å². The topological polar surface area (TPSA) is 30.0 Å². The lowest BCUT2D eigenvalue weighted by atomic mass is 10.1. The van der Waals surface area contributed by atoms with Gasteiger partial charge < -0.3 is 0 Å². The smallest absolute Gasteiger partial charge is 0.196 e. The SMILES string of the molecule is O=c1c2cccc(Cl)c2sc2c(Cl)nc3ccccc3c12. The molecule has 2 heterocycles. The fourth-order valence-corrected chi connectivity index (χ4v) is 4.18. The highest BCUT2D eigenvalue weighted by atomic mass is 35.5. The zero-order valence-corrected chi connectivity index (χ0v) is 12.9. The quantitative estimate of drug-likeness (QED) is 0.249. The Hall–Kier alpha value is -1.68. The Morgan fingerprint density at radius 1 is 0.905 bits per heavy atom. The van der Waals surface area contributed by atoms with Gasteiger partial charge in [-0.05, 0) is 18.2 Å². The maximum atomic E-state index is 12.9. The van der Waals surface area contributed by atoms with Gasteiger partial charge in [0.1, 0.15) is 5.15 Å². The minimum atomic E-state index is -0.0539. The molecule has 0 fully saturated rings. The number of pyridine rings is 1. The van der Waals surface area contributed by atoms with Crippen molar-refractivity contribution >= 4 is 65.6 Å². The van der Waals surface area contributed by atoms with Gasteiger partial charge in [-0.25, -0.2) is 4.98 Å². The first kappa shape index (κ1) is 13.0. The molecule has 0 spiro atoms. The molecule has 0 radical (unpaired) electrons. The van der Waals surface area contributed by atoms with Crippen molar-refractivity contribution in [2.45, 2.75) is 0 Å². The summed E-state index contributed by atoms with van der Waals surface area (Å²) in [5.41, 5.74) is 0.669. The molecule has 0 saturated carbocycles. The van der Waals surface area contributed by atoms with Crippen molar-refractivity contribution in [1.82, 2.24) is 4.98 Å². The van der Waals surface area contributed by atoms with E-state index >= 15 is 0 Å². The number of nitrogens with zero attached hydrogens (tertiary/aromatic N) is 1. The fourth-order valence-electron chi connectivity index (χ4n) is 2.51. The second-order valence-corrected chi connectivity index (χ2v) is 6.46. The van der Waals surface area contributed by atoms with Crippen LogP contribution in [0.4, 0.5) is 0 Å². The van der Waals surface area contributed by atoms with E-state index in [0.29, 0.717) is 25.6 Å². The van der Waals surface area contributed by atoms with E-state index in [2.05, 4.69) is 4.98 Å². The van der Waals surface area contributed by atoms with E-state index in [1.165, 1.54) is 11.3 Å². The Labute approximate surface area is 133 Å². The number of aromatic nitrogens is 1. The highest BCUT2D eigenvalue weighted by Gasteiger charge is 2.14. The number of halogens is 2. The summed E-state index contributed by atoms with van der Waals surface area (Å²) in [5.74, 6) is 0. The normalized spacial score (nSPS) is 11.5. The molecule has 2 aromatic heterocycles. The number of fused-ring (bicyclic) bond motifs is 4. The zero-order valence-electron chi connectivity index (χ0n) is 10.6. The van der Waals surface area contributed by atoms with E-state index < -0.39 is 0 Å². The summed E-state index contributed by atoms with van der Waals surface area (Å²) in [7, 11) is 0. The van der Waals surface area contributed by atoms with Gasteiger partial charge in [0.05, 0.1) is 25.3 Å². The molecule has 0 saturated heterocycles. The second-order valence-electron chi connectivity index (χ2n) is 4.67. The number of para-hydroxylation sites is 1. The van der Waals surface area contributed by atoms with Crippen molar-refractivity contribution in [3.05, 3.63) is 62.9 Å². The first-order chi connectivity index (χ1) is 10.2. The molecule has 4 rings (SSSR count). The van der Waals surface area contributed by atoms with E-state index in [-0.39, 0.29) is 5.43 Å². The third kappa shape index (κ3) is 1.85. The minimum Gasteiger partial charge on any atom is -0.288 e. The Balaban J connectivity index is 2.40. The second kappa shape index (κ2) is 4.67. The van der Waals surface area contributed by atoms with Crippen LogP contribution in [0.5, 0.6) is 0 Å². The van der Waals surface area contributed by atoms with Crippen LogP contribution in [-0.4, -0.2) is 4.98 Å². The first-order valence-electron chi connectivity index (χ1n) is 6.26. The molecule has 102 valence electrons. The third-order valence-electron chi connectivity index (χ3n) is 3.45. The number of hydrogen-bond donors (Lipinski definition) is 0. The maximum Gasteiger partial charge on any atom is 0.196 e. The summed E-state index contributed by atoms with van der Waals surface area (Å²) in [6.45, 7) is 0. The molecule has 0 bridgehead atoms. The summed E-state index contributed by atoms with van der Waals surface area (Å²) >= 11 is 13.9. The molecular formula is C16H7Cl2NOS. The summed E-state index contributed by atoms with van der Waals surface area (Å²) in [6.07, 6.45) is 0. The molecule has 0 unspecified atom stereocenters. The van der Waals surface area contributed by atoms with Crippen LogP contribution < -0.4 is 5.43 Å². The molecule has 0 aliphatic rings. The van der Waals surface area contributed by atoms with Crippen LogP contribution in [-0.2, 0) is 0 Å². The lowest BCUT2D eigenvalue weighted by molar-refractivity contribution is 1.45. The van der Waals surface area contributed by atoms with Crippen molar-refractivity contribution < 1.29 is 0 Å². The van der Waals surface area contributed by atoms with E-state index in [9.17, 15) is 4.79 Å². The van der Waals surface area contributed by atoms with Gasteiger partial charge in [-0.3, -0.25) is 4.79 Å². The lowest BCUT2D eigenvalue weighted by Gasteiger charge is -2.06. The van der Waals surface area contributed by atoms with Crippen molar-refractivity contribution in [1.29, 1.82) is 0 Å². The number of rotatable bonds is 0. The minimum absolute atomic E-state index is 0.0539. The van der Waals surface area contributed by atoms with E-state index in [0.717, 1.165) is 15.6 Å². The largest absolute Gasteiger partial charge is 0.288 e. The average Bonchev–Trinajstić information content (AvgIpc) is 2.49. The molecule has 0 amide bonds. The van der Waals surface area contributed by atoms with Crippen LogP contribution in [0.15, 0.2) is 47.3 Å². The molecule has 4 aromatic rings. The monoisotopic (exact) mass is 331 g/mol. The summed E-state index contributed by atoms with van der Waals surface area (Å²) in [6, 6.07) is 12.9. The Kier molecular flexibility index (Phi) is 2.89. The maximum absolute atomic E-state index is 12.9. The number of benzene rings is 2. The summed E-state index contributed by atoms with van der Waals surface area (Å²) < 4.78 is 1.43. The molecule has 2 aromatic carbocycles. The lowest BCUT2D eigenvalue weighted by Crippen LogP contribution is -2.03. The molecule has 2 nitrogen and oxygen atoms in total. The van der Waals surface area contributed by atoms with Crippen molar-refractivity contribution in [2.24, 2.45) is 0 Å². The van der Waals surface area contributed by atoms with Crippen molar-refractivity contribution in [3.63, 3.8) is 0 Å². The Bertz CT molecular complexity index is 1090. The van der Waals surface area contributed by atoms with Crippen LogP contribution >= 0.6 is 34.5 Å². The van der Waals surface area contributed by atoms with Crippen LogP contribution in [0.1, 0.15) is 0 Å². The standard InChI is InChI=1S/C16H7Cl2NOS/c17-10-6-3-5-9-13(20)12-8-4-1-2-7-11(8)19-16(18)15(12)21-14(9)10/h1-7H. The van der Waals surface area contributed by atoms with Gasteiger partial charge in [0.25, 0.3) is 0 Å². The van der Waals surface area contributed by atoms with Crippen LogP contribution in [0.25, 0.3) is 31.1 Å². The molecule has 0 aliphatic heterocycles.